The number of pyridine rings is 1. The van der Waals surface area contributed by atoms with Gasteiger partial charge in [0, 0.05) is 40.8 Å². The Morgan fingerprint density at radius 3 is 2.65 bits per heavy atom. The SMILES string of the molecule is CC[n+]1c(/C=C2/Sc3cc(C)ccc3N2CCCS(=O)(=O)[O-])ccc2ccccc21.I. The number of nitrogens with zero attached hydrogens (tertiary/aromatic N) is 2. The van der Waals surface area contributed by atoms with Gasteiger partial charge in [-0.2, -0.15) is 4.57 Å². The Labute approximate surface area is 204 Å². The van der Waals surface area contributed by atoms with Gasteiger partial charge in [-0.1, -0.05) is 30.0 Å². The number of fused-ring (bicyclic) bond motifs is 2. The lowest BCUT2D eigenvalue weighted by Crippen LogP contribution is -2.37. The van der Waals surface area contributed by atoms with Crippen LogP contribution in [0.1, 0.15) is 24.6 Å². The van der Waals surface area contributed by atoms with Crippen molar-refractivity contribution in [2.75, 3.05) is 17.2 Å². The summed E-state index contributed by atoms with van der Waals surface area (Å²) in [6, 6.07) is 18.8. The monoisotopic (exact) mass is 568 g/mol. The Bertz CT molecular complexity index is 1240. The maximum Gasteiger partial charge on any atom is 0.212 e. The number of benzene rings is 2. The molecule has 5 nitrogen and oxygen atoms in total. The molecule has 8 heteroatoms. The Morgan fingerprint density at radius 1 is 1.13 bits per heavy atom. The average Bonchev–Trinajstić information content (AvgIpc) is 3.03. The van der Waals surface area contributed by atoms with Crippen LogP contribution in [0.2, 0.25) is 0 Å². The highest BCUT2D eigenvalue weighted by molar-refractivity contribution is 14.0. The van der Waals surface area contributed by atoms with E-state index >= 15 is 0 Å². The number of thioether (sulfide) groups is 1. The normalized spacial score (nSPS) is 14.7. The van der Waals surface area contributed by atoms with Crippen molar-refractivity contribution in [3.8, 4) is 0 Å². The number of para-hydroxylation sites is 1. The summed E-state index contributed by atoms with van der Waals surface area (Å²) >= 11 is 1.68. The second-order valence-corrected chi connectivity index (χ2v) is 9.97. The van der Waals surface area contributed by atoms with E-state index in [1.165, 1.54) is 16.5 Å². The molecule has 4 rings (SSSR count). The lowest BCUT2D eigenvalue weighted by Gasteiger charge is -2.21. The third-order valence-electron chi connectivity index (χ3n) is 5.22. The Morgan fingerprint density at radius 2 is 1.90 bits per heavy atom. The molecule has 2 aromatic carbocycles. The van der Waals surface area contributed by atoms with Crippen molar-refractivity contribution in [1.82, 2.24) is 0 Å². The number of hydrogen-bond acceptors (Lipinski definition) is 5. The van der Waals surface area contributed by atoms with Crippen LogP contribution in [0.4, 0.5) is 5.69 Å². The van der Waals surface area contributed by atoms with E-state index in [1.807, 2.05) is 12.1 Å². The first kappa shape index (κ1) is 24.0. The third kappa shape index (κ3) is 5.42. The van der Waals surface area contributed by atoms with Gasteiger partial charge in [-0.3, -0.25) is 0 Å². The van der Waals surface area contributed by atoms with Crippen molar-refractivity contribution in [3.63, 3.8) is 0 Å². The van der Waals surface area contributed by atoms with Gasteiger partial charge in [0.05, 0.1) is 20.8 Å². The molecule has 0 saturated heterocycles. The fraction of sp³-hybridized carbons (Fsp3) is 0.261. The summed E-state index contributed by atoms with van der Waals surface area (Å²) in [7, 11) is -4.22. The molecule has 0 N–H and O–H groups in total. The van der Waals surface area contributed by atoms with Crippen LogP contribution < -0.4 is 9.47 Å². The summed E-state index contributed by atoms with van der Waals surface area (Å²) in [5, 5.41) is 2.23. The van der Waals surface area contributed by atoms with E-state index in [2.05, 4.69) is 71.9 Å². The molecule has 31 heavy (non-hydrogen) atoms. The van der Waals surface area contributed by atoms with Crippen molar-refractivity contribution >= 4 is 68.5 Å². The molecule has 2 heterocycles. The fourth-order valence-corrected chi connectivity index (χ4v) is 5.55. The van der Waals surface area contributed by atoms with Gasteiger partial charge in [-0.05, 0) is 50.1 Å². The Hall–Kier alpha value is -1.62. The average molecular weight is 569 g/mol. The maximum atomic E-state index is 11.1. The van der Waals surface area contributed by atoms with Crippen molar-refractivity contribution in [2.45, 2.75) is 31.7 Å². The van der Waals surface area contributed by atoms with E-state index < -0.39 is 10.1 Å². The van der Waals surface area contributed by atoms with Gasteiger partial charge in [-0.25, -0.2) is 8.42 Å². The first-order valence-electron chi connectivity index (χ1n) is 9.98. The van der Waals surface area contributed by atoms with E-state index in [0.717, 1.165) is 27.9 Å². The smallest absolute Gasteiger partial charge is 0.212 e. The summed E-state index contributed by atoms with van der Waals surface area (Å²) in [5.74, 6) is -0.354. The third-order valence-corrected chi connectivity index (χ3v) is 7.11. The molecule has 0 saturated carbocycles. The second-order valence-electron chi connectivity index (χ2n) is 7.38. The minimum atomic E-state index is -4.22. The Balaban J connectivity index is 0.00000272. The van der Waals surface area contributed by atoms with Gasteiger partial charge in [0.1, 0.15) is 6.54 Å². The quantitative estimate of drug-likeness (QED) is 0.240. The molecule has 1 aromatic heterocycles. The van der Waals surface area contributed by atoms with Gasteiger partial charge in [0.2, 0.25) is 11.2 Å². The first-order chi connectivity index (χ1) is 14.4. The van der Waals surface area contributed by atoms with Crippen LogP contribution in [0.5, 0.6) is 0 Å². The van der Waals surface area contributed by atoms with Crippen LogP contribution in [0.25, 0.3) is 17.0 Å². The molecular weight excluding hydrogens is 543 g/mol. The van der Waals surface area contributed by atoms with Crippen LogP contribution in [-0.4, -0.2) is 25.3 Å². The molecule has 0 amide bonds. The molecular formula is C23H25IN2O3S2. The standard InChI is InChI=1S/C23H24N2O3S2.HI/c1-3-24-19(11-10-18-7-4-5-8-20(18)24)16-23-25(13-6-14-30(26,27)28)21-12-9-17(2)15-22(21)29-23;/h4-5,7-12,15-16H,3,6,13-14H2,1-2H3;1H. The lowest BCUT2D eigenvalue weighted by atomic mass is 10.1. The molecule has 0 bridgehead atoms. The summed E-state index contributed by atoms with van der Waals surface area (Å²) in [4.78, 5) is 3.27. The van der Waals surface area contributed by atoms with Gasteiger partial charge in [0.15, 0.2) is 0 Å². The van der Waals surface area contributed by atoms with Crippen molar-refractivity contribution in [1.29, 1.82) is 0 Å². The van der Waals surface area contributed by atoms with E-state index in [-0.39, 0.29) is 29.7 Å². The van der Waals surface area contributed by atoms with Crippen molar-refractivity contribution in [2.24, 2.45) is 0 Å². The van der Waals surface area contributed by atoms with E-state index in [0.29, 0.717) is 13.0 Å². The van der Waals surface area contributed by atoms with E-state index in [9.17, 15) is 13.0 Å². The highest BCUT2D eigenvalue weighted by Gasteiger charge is 2.26. The number of aryl methyl sites for hydroxylation is 2. The molecule has 0 aliphatic carbocycles. The second kappa shape index (κ2) is 9.89. The van der Waals surface area contributed by atoms with Crippen molar-refractivity contribution in [3.05, 3.63) is 70.9 Å². The molecule has 0 spiro atoms. The fourth-order valence-electron chi connectivity index (χ4n) is 3.83. The van der Waals surface area contributed by atoms with Gasteiger partial charge < -0.3 is 9.45 Å². The zero-order valence-corrected chi connectivity index (χ0v) is 21.4. The number of rotatable bonds is 6. The molecule has 1 aliphatic rings. The number of aromatic nitrogens is 1. The number of hydrogen-bond donors (Lipinski definition) is 0. The molecule has 0 unspecified atom stereocenters. The summed E-state index contributed by atoms with van der Waals surface area (Å²) in [6.45, 7) is 5.51. The van der Waals surface area contributed by atoms with Crippen molar-refractivity contribution < 1.29 is 17.5 Å². The predicted octanol–water partition coefficient (Wildman–Crippen LogP) is 4.92. The molecule has 0 radical (unpaired) electrons. The van der Waals surface area contributed by atoms with Gasteiger partial charge in [-0.15, -0.1) is 24.0 Å². The summed E-state index contributed by atoms with van der Waals surface area (Å²) < 4.78 is 35.5. The van der Waals surface area contributed by atoms with Crippen LogP contribution in [-0.2, 0) is 16.7 Å². The van der Waals surface area contributed by atoms with Crippen LogP contribution >= 0.6 is 35.7 Å². The lowest BCUT2D eigenvalue weighted by molar-refractivity contribution is -0.669. The summed E-state index contributed by atoms with van der Waals surface area (Å²) in [6.07, 6.45) is 2.45. The van der Waals surface area contributed by atoms with Crippen LogP contribution in [0.15, 0.2) is 64.5 Å². The maximum absolute atomic E-state index is 11.1. The summed E-state index contributed by atoms with van der Waals surface area (Å²) in [5.41, 5.74) is 4.50. The minimum Gasteiger partial charge on any atom is -0.748 e. The molecule has 0 fully saturated rings. The highest BCUT2D eigenvalue weighted by Crippen LogP contribution is 2.47. The molecule has 164 valence electrons. The Kier molecular flexibility index (Phi) is 7.67. The zero-order valence-electron chi connectivity index (χ0n) is 17.4. The van der Waals surface area contributed by atoms with Crippen LogP contribution in [0, 0.1) is 6.92 Å². The number of halogens is 1. The van der Waals surface area contributed by atoms with Gasteiger partial charge >= 0.3 is 0 Å². The van der Waals surface area contributed by atoms with Gasteiger partial charge in [0.25, 0.3) is 0 Å². The number of anilines is 1. The molecule has 0 atom stereocenters. The van der Waals surface area contributed by atoms with E-state index in [1.54, 1.807) is 11.8 Å². The largest absolute Gasteiger partial charge is 0.748 e. The van der Waals surface area contributed by atoms with E-state index in [4.69, 9.17) is 0 Å². The zero-order chi connectivity index (χ0) is 21.3. The molecule has 3 aromatic rings. The minimum absolute atomic E-state index is 0. The highest BCUT2D eigenvalue weighted by atomic mass is 127. The molecule has 1 aliphatic heterocycles. The predicted molar refractivity (Wildman–Crippen MR) is 137 cm³/mol. The topological polar surface area (TPSA) is 64.3 Å². The first-order valence-corrected chi connectivity index (χ1v) is 12.4. The van der Waals surface area contributed by atoms with Crippen LogP contribution in [0.3, 0.4) is 0 Å².